The lowest BCUT2D eigenvalue weighted by Gasteiger charge is -2.22. The highest BCUT2D eigenvalue weighted by Crippen LogP contribution is 2.54. The van der Waals surface area contributed by atoms with Crippen molar-refractivity contribution in [3.8, 4) is 5.75 Å². The Labute approximate surface area is 178 Å². The zero-order valence-corrected chi connectivity index (χ0v) is 19.1. The van der Waals surface area contributed by atoms with E-state index in [1.54, 1.807) is 0 Å². The summed E-state index contributed by atoms with van der Waals surface area (Å²) in [7, 11) is 4.20. The molecule has 0 bridgehead atoms. The highest BCUT2D eigenvalue weighted by molar-refractivity contribution is 5.37. The van der Waals surface area contributed by atoms with Gasteiger partial charge in [0.05, 0.1) is 6.61 Å². The topological polar surface area (TPSA) is 12.5 Å². The number of rotatable bonds is 11. The molecule has 1 fully saturated rings. The van der Waals surface area contributed by atoms with Crippen molar-refractivity contribution in [2.45, 2.75) is 70.1 Å². The fraction of sp³-hybridized carbons (Fsp3) is 0.556. The van der Waals surface area contributed by atoms with Crippen LogP contribution in [0, 0.1) is 0 Å². The van der Waals surface area contributed by atoms with Gasteiger partial charge in [-0.2, -0.15) is 0 Å². The zero-order chi connectivity index (χ0) is 20.9. The van der Waals surface area contributed by atoms with Crippen molar-refractivity contribution in [2.24, 2.45) is 0 Å². The number of hydrogen-bond donors (Lipinski definition) is 0. The second-order valence-electron chi connectivity index (χ2n) is 9.39. The Kier molecular flexibility index (Phi) is 7.40. The average molecular weight is 394 g/mol. The Bertz CT molecular complexity index is 743. The molecule has 0 aliphatic heterocycles. The van der Waals surface area contributed by atoms with E-state index in [0.717, 1.165) is 25.3 Å². The van der Waals surface area contributed by atoms with Gasteiger partial charge in [0.2, 0.25) is 0 Å². The van der Waals surface area contributed by atoms with E-state index in [1.807, 2.05) is 0 Å². The monoisotopic (exact) mass is 393 g/mol. The Morgan fingerprint density at radius 3 is 2.00 bits per heavy atom. The molecule has 0 spiro atoms. The molecule has 29 heavy (non-hydrogen) atoms. The van der Waals surface area contributed by atoms with Crippen LogP contribution in [0.1, 0.15) is 81.4 Å². The molecule has 2 heteroatoms. The summed E-state index contributed by atoms with van der Waals surface area (Å²) in [6.45, 7) is 8.82. The third-order valence-corrected chi connectivity index (χ3v) is 6.72. The molecular weight excluding hydrogens is 354 g/mol. The summed E-state index contributed by atoms with van der Waals surface area (Å²) in [5.74, 6) is 2.24. The molecule has 1 saturated carbocycles. The fourth-order valence-corrected chi connectivity index (χ4v) is 4.33. The normalized spacial score (nSPS) is 17.2. The molecule has 2 unspecified atom stereocenters. The molecule has 1 aliphatic carbocycles. The highest BCUT2D eigenvalue weighted by Gasteiger charge is 2.44. The van der Waals surface area contributed by atoms with Gasteiger partial charge in [0.25, 0.3) is 0 Å². The largest absolute Gasteiger partial charge is 0.494 e. The summed E-state index contributed by atoms with van der Waals surface area (Å²) >= 11 is 0. The number of benzene rings is 2. The summed E-state index contributed by atoms with van der Waals surface area (Å²) < 4.78 is 5.91. The van der Waals surface area contributed by atoms with Gasteiger partial charge in [-0.25, -0.2) is 0 Å². The van der Waals surface area contributed by atoms with Crippen molar-refractivity contribution >= 4 is 0 Å². The van der Waals surface area contributed by atoms with Gasteiger partial charge in [-0.3, -0.25) is 0 Å². The molecule has 158 valence electrons. The van der Waals surface area contributed by atoms with E-state index < -0.39 is 0 Å². The Balaban J connectivity index is 1.57. The first-order valence-corrected chi connectivity index (χ1v) is 11.4. The van der Waals surface area contributed by atoms with Crippen LogP contribution in [0.25, 0.3) is 0 Å². The maximum absolute atomic E-state index is 5.91. The molecule has 2 nitrogen and oxygen atoms in total. The molecule has 0 N–H and O–H groups in total. The molecule has 2 aromatic carbocycles. The minimum Gasteiger partial charge on any atom is -0.494 e. The summed E-state index contributed by atoms with van der Waals surface area (Å²) in [6, 6.07) is 18.3. The van der Waals surface area contributed by atoms with Crippen molar-refractivity contribution in [3.05, 3.63) is 65.2 Å². The van der Waals surface area contributed by atoms with Crippen LogP contribution in [-0.4, -0.2) is 32.1 Å². The molecule has 2 aromatic rings. The maximum Gasteiger partial charge on any atom is 0.119 e. The summed E-state index contributed by atoms with van der Waals surface area (Å²) in [5, 5.41) is 0. The van der Waals surface area contributed by atoms with Crippen LogP contribution in [0.15, 0.2) is 48.5 Å². The minimum atomic E-state index is 0.373. The van der Waals surface area contributed by atoms with Gasteiger partial charge in [-0.15, -0.1) is 0 Å². The average Bonchev–Trinajstić information content (AvgIpc) is 3.51. The summed E-state index contributed by atoms with van der Waals surface area (Å²) in [4.78, 5) is 2.20. The van der Waals surface area contributed by atoms with Gasteiger partial charge in [0.1, 0.15) is 5.75 Å². The molecule has 0 saturated heterocycles. The maximum atomic E-state index is 5.91. The van der Waals surface area contributed by atoms with Crippen molar-refractivity contribution in [2.75, 3.05) is 27.2 Å². The molecule has 1 aliphatic rings. The first kappa shape index (κ1) is 21.9. The van der Waals surface area contributed by atoms with E-state index in [-0.39, 0.29) is 0 Å². The number of nitrogens with zero attached hydrogens (tertiary/aromatic N) is 1. The summed E-state index contributed by atoms with van der Waals surface area (Å²) in [6.07, 6.45) is 6.12. The van der Waals surface area contributed by atoms with Crippen molar-refractivity contribution in [1.82, 2.24) is 4.90 Å². The van der Waals surface area contributed by atoms with Crippen LogP contribution in [0.2, 0.25) is 0 Å². The third kappa shape index (κ3) is 5.85. The minimum absolute atomic E-state index is 0.373. The molecular formula is C27H39NO. The molecule has 3 rings (SSSR count). The van der Waals surface area contributed by atoms with Gasteiger partial charge in [0, 0.05) is 6.54 Å². The first-order chi connectivity index (χ1) is 13.9. The molecule has 0 amide bonds. The quantitative estimate of drug-likeness (QED) is 0.391. The van der Waals surface area contributed by atoms with Crippen LogP contribution >= 0.6 is 0 Å². The fourth-order valence-electron chi connectivity index (χ4n) is 4.33. The zero-order valence-electron chi connectivity index (χ0n) is 19.1. The molecule has 2 atom stereocenters. The smallest absolute Gasteiger partial charge is 0.119 e. The van der Waals surface area contributed by atoms with E-state index in [0.29, 0.717) is 17.3 Å². The van der Waals surface area contributed by atoms with Crippen molar-refractivity contribution < 1.29 is 4.74 Å². The van der Waals surface area contributed by atoms with E-state index in [4.69, 9.17) is 4.74 Å². The van der Waals surface area contributed by atoms with E-state index >= 15 is 0 Å². The molecule has 0 radical (unpaired) electrons. The predicted molar refractivity (Wildman–Crippen MR) is 124 cm³/mol. The van der Waals surface area contributed by atoms with Crippen molar-refractivity contribution in [3.63, 3.8) is 0 Å². The molecule has 0 aromatic heterocycles. The van der Waals surface area contributed by atoms with E-state index in [2.05, 4.69) is 88.3 Å². The van der Waals surface area contributed by atoms with Crippen LogP contribution < -0.4 is 4.74 Å². The van der Waals surface area contributed by atoms with Gasteiger partial charge >= 0.3 is 0 Å². The predicted octanol–water partition coefficient (Wildman–Crippen LogP) is 6.76. The lowest BCUT2D eigenvalue weighted by Crippen LogP contribution is -2.15. The highest BCUT2D eigenvalue weighted by atomic mass is 16.5. The standard InChI is InChI=1S/C27H39NO/c1-6-21(2)23-8-10-24(11-9-23)22(3)20-27(16-17-27)25-12-14-26(15-13-25)29-19-7-18-28(4)5/h8-15,21-22H,6-7,16-20H2,1-5H3. The second-order valence-corrected chi connectivity index (χ2v) is 9.39. The van der Waals surface area contributed by atoms with Crippen molar-refractivity contribution in [1.29, 1.82) is 0 Å². The SMILES string of the molecule is CCC(C)c1ccc(C(C)CC2(c3ccc(OCCCN(C)C)cc3)CC2)cc1. The Hall–Kier alpha value is -1.80. The van der Waals surface area contributed by atoms with Crippen LogP contribution in [0.5, 0.6) is 5.75 Å². The van der Waals surface area contributed by atoms with Crippen LogP contribution in [0.3, 0.4) is 0 Å². The number of hydrogen-bond acceptors (Lipinski definition) is 2. The van der Waals surface area contributed by atoms with Gasteiger partial charge in [-0.1, -0.05) is 57.2 Å². The lowest BCUT2D eigenvalue weighted by molar-refractivity contribution is 0.281. The van der Waals surface area contributed by atoms with E-state index in [9.17, 15) is 0 Å². The van der Waals surface area contributed by atoms with Gasteiger partial charge < -0.3 is 9.64 Å². The van der Waals surface area contributed by atoms with Crippen LogP contribution in [0.4, 0.5) is 0 Å². The van der Waals surface area contributed by atoms with E-state index in [1.165, 1.54) is 42.4 Å². The third-order valence-electron chi connectivity index (χ3n) is 6.72. The lowest BCUT2D eigenvalue weighted by atomic mass is 9.83. The van der Waals surface area contributed by atoms with Gasteiger partial charge in [-0.05, 0) is 92.3 Å². The van der Waals surface area contributed by atoms with Gasteiger partial charge in [0.15, 0.2) is 0 Å². The Morgan fingerprint density at radius 2 is 1.48 bits per heavy atom. The molecule has 0 heterocycles. The number of ether oxygens (including phenoxy) is 1. The first-order valence-electron chi connectivity index (χ1n) is 11.4. The summed E-state index contributed by atoms with van der Waals surface area (Å²) in [5.41, 5.74) is 4.80. The second kappa shape index (κ2) is 9.80. The van der Waals surface area contributed by atoms with Crippen LogP contribution in [-0.2, 0) is 5.41 Å². The Morgan fingerprint density at radius 1 is 0.897 bits per heavy atom.